The fraction of sp³-hybridized carbons (Fsp3) is 0.500. The summed E-state index contributed by atoms with van der Waals surface area (Å²) in [6, 6.07) is 1.61. The summed E-state index contributed by atoms with van der Waals surface area (Å²) < 4.78 is 26.6. The van der Waals surface area contributed by atoms with E-state index < -0.39 is 10.0 Å². The lowest BCUT2D eigenvalue weighted by Gasteiger charge is -2.09. The molecule has 17 heavy (non-hydrogen) atoms. The van der Waals surface area contributed by atoms with Gasteiger partial charge in [-0.15, -0.1) is 0 Å². The summed E-state index contributed by atoms with van der Waals surface area (Å²) in [7, 11) is -3.31. The number of halogens is 1. The molecule has 7 heteroatoms. The van der Waals surface area contributed by atoms with Gasteiger partial charge in [0.05, 0.1) is 15.9 Å². The fourth-order valence-electron chi connectivity index (χ4n) is 1.18. The van der Waals surface area contributed by atoms with Gasteiger partial charge in [-0.05, 0) is 35.0 Å². The maximum Gasteiger partial charge on any atom is 0.234 e. The molecule has 0 aromatic carbocycles. The number of anilines is 1. The van der Waals surface area contributed by atoms with E-state index in [1.165, 1.54) is 6.20 Å². The zero-order chi connectivity index (χ0) is 12.7. The molecule has 2 N–H and O–H groups in total. The van der Waals surface area contributed by atoms with Crippen LogP contribution < -0.4 is 10.0 Å². The normalized spacial score (nSPS) is 11.4. The van der Waals surface area contributed by atoms with Crippen LogP contribution in [0.25, 0.3) is 0 Å². The second-order valence-corrected chi connectivity index (χ2v) is 6.22. The van der Waals surface area contributed by atoms with Crippen LogP contribution >= 0.6 is 15.9 Å². The molecule has 0 radical (unpaired) electrons. The van der Waals surface area contributed by atoms with Gasteiger partial charge in [0.15, 0.2) is 0 Å². The van der Waals surface area contributed by atoms with E-state index in [0.717, 1.165) is 13.0 Å². The second kappa shape index (κ2) is 6.93. The number of hydrogen-bond donors (Lipinski definition) is 2. The highest BCUT2D eigenvalue weighted by Crippen LogP contribution is 2.20. The topological polar surface area (TPSA) is 71.1 Å². The lowest BCUT2D eigenvalue weighted by molar-refractivity contribution is 0.595. The highest BCUT2D eigenvalue weighted by atomic mass is 79.9. The van der Waals surface area contributed by atoms with Crippen molar-refractivity contribution in [3.63, 3.8) is 0 Å². The fourth-order valence-corrected chi connectivity index (χ4v) is 2.69. The van der Waals surface area contributed by atoms with Crippen molar-refractivity contribution < 1.29 is 8.42 Å². The second-order valence-electron chi connectivity index (χ2n) is 3.53. The minimum atomic E-state index is -3.31. The van der Waals surface area contributed by atoms with E-state index in [4.69, 9.17) is 0 Å². The molecule has 0 unspecified atom stereocenters. The molecule has 0 aliphatic rings. The van der Waals surface area contributed by atoms with Crippen LogP contribution in [0.15, 0.2) is 22.9 Å². The molecule has 0 saturated carbocycles. The third-order valence-electron chi connectivity index (χ3n) is 2.01. The Bertz CT molecular complexity index is 451. The molecule has 0 atom stereocenters. The van der Waals surface area contributed by atoms with Crippen LogP contribution in [0.1, 0.15) is 13.3 Å². The van der Waals surface area contributed by atoms with E-state index in [1.54, 1.807) is 12.3 Å². The summed E-state index contributed by atoms with van der Waals surface area (Å²) >= 11 is 3.24. The van der Waals surface area contributed by atoms with Crippen molar-refractivity contribution in [1.29, 1.82) is 0 Å². The number of sulfonamides is 1. The molecular weight excluding hydrogens is 306 g/mol. The van der Waals surface area contributed by atoms with E-state index in [2.05, 4.69) is 31.0 Å². The smallest absolute Gasteiger partial charge is 0.234 e. The van der Waals surface area contributed by atoms with Gasteiger partial charge < -0.3 is 5.32 Å². The van der Waals surface area contributed by atoms with E-state index in [1.807, 2.05) is 6.92 Å². The van der Waals surface area contributed by atoms with Gasteiger partial charge in [-0.1, -0.05) is 6.92 Å². The Hall–Kier alpha value is -0.660. The van der Waals surface area contributed by atoms with Gasteiger partial charge in [-0.2, -0.15) is 0 Å². The summed E-state index contributed by atoms with van der Waals surface area (Å²) in [5, 5.41) is 3.05. The molecule has 0 aliphatic heterocycles. The van der Waals surface area contributed by atoms with Gasteiger partial charge in [-0.25, -0.2) is 8.42 Å². The largest absolute Gasteiger partial charge is 0.316 e. The molecule has 0 spiro atoms. The number of hydrogen-bond acceptors (Lipinski definition) is 4. The molecule has 0 bridgehead atoms. The molecule has 1 aromatic heterocycles. The molecule has 0 saturated heterocycles. The molecule has 0 amide bonds. The van der Waals surface area contributed by atoms with E-state index >= 15 is 0 Å². The maximum absolute atomic E-state index is 11.7. The van der Waals surface area contributed by atoms with E-state index in [-0.39, 0.29) is 5.75 Å². The number of nitrogens with one attached hydrogen (secondary N) is 2. The summed E-state index contributed by atoms with van der Waals surface area (Å²) in [5.74, 6) is 0.0573. The number of rotatable bonds is 7. The van der Waals surface area contributed by atoms with Gasteiger partial charge in [0.2, 0.25) is 10.0 Å². The van der Waals surface area contributed by atoms with Gasteiger partial charge in [0, 0.05) is 18.9 Å². The first-order valence-corrected chi connectivity index (χ1v) is 7.80. The summed E-state index contributed by atoms with van der Waals surface area (Å²) in [4.78, 5) is 3.87. The zero-order valence-corrected chi connectivity index (χ0v) is 12.0. The summed E-state index contributed by atoms with van der Waals surface area (Å²) in [5.41, 5.74) is 0.510. The Kier molecular flexibility index (Phi) is 5.87. The first-order chi connectivity index (χ1) is 8.05. The molecule has 1 heterocycles. The molecule has 5 nitrogen and oxygen atoms in total. The average Bonchev–Trinajstić information content (AvgIpc) is 2.28. The van der Waals surface area contributed by atoms with Crippen molar-refractivity contribution in [3.8, 4) is 0 Å². The van der Waals surface area contributed by atoms with E-state index in [9.17, 15) is 8.42 Å². The average molecular weight is 322 g/mol. The predicted molar refractivity (Wildman–Crippen MR) is 72.5 cm³/mol. The molecule has 0 fully saturated rings. The molecule has 96 valence electrons. The zero-order valence-electron chi connectivity index (χ0n) is 9.61. The van der Waals surface area contributed by atoms with Crippen LogP contribution in [-0.4, -0.2) is 32.2 Å². The van der Waals surface area contributed by atoms with Crippen molar-refractivity contribution in [2.45, 2.75) is 13.3 Å². The predicted octanol–water partition coefficient (Wildman–Crippen LogP) is 1.59. The number of nitrogens with zero attached hydrogens (tertiary/aromatic N) is 1. The van der Waals surface area contributed by atoms with Gasteiger partial charge in [0.1, 0.15) is 0 Å². The minimum absolute atomic E-state index is 0.0573. The van der Waals surface area contributed by atoms with Crippen LogP contribution in [0.3, 0.4) is 0 Å². The standard InChI is InChI=1S/C10H16BrN3O2S/c1-2-4-12-6-7-17(15,16)14-10-3-5-13-8-9(10)11/h3,5,8,12H,2,4,6-7H2,1H3,(H,13,14). The highest BCUT2D eigenvalue weighted by Gasteiger charge is 2.11. The summed E-state index contributed by atoms with van der Waals surface area (Å²) in [6.45, 7) is 3.31. The first kappa shape index (κ1) is 14.4. The van der Waals surface area contributed by atoms with Gasteiger partial charge in [-0.3, -0.25) is 9.71 Å². The van der Waals surface area contributed by atoms with Crippen molar-refractivity contribution in [2.75, 3.05) is 23.6 Å². The van der Waals surface area contributed by atoms with E-state index in [0.29, 0.717) is 16.7 Å². The van der Waals surface area contributed by atoms with Gasteiger partial charge in [0.25, 0.3) is 0 Å². The Morgan fingerprint density at radius 2 is 2.18 bits per heavy atom. The highest BCUT2D eigenvalue weighted by molar-refractivity contribution is 9.10. The van der Waals surface area contributed by atoms with Crippen LogP contribution in [0.5, 0.6) is 0 Å². The summed E-state index contributed by atoms with van der Waals surface area (Å²) in [6.07, 6.45) is 4.08. The van der Waals surface area contributed by atoms with Crippen LogP contribution in [0.4, 0.5) is 5.69 Å². The molecule has 1 aromatic rings. The minimum Gasteiger partial charge on any atom is -0.316 e. The lowest BCUT2D eigenvalue weighted by Crippen LogP contribution is -2.27. The molecule has 0 aliphatic carbocycles. The van der Waals surface area contributed by atoms with Crippen molar-refractivity contribution >= 4 is 31.6 Å². The monoisotopic (exact) mass is 321 g/mol. The van der Waals surface area contributed by atoms with Gasteiger partial charge >= 0.3 is 0 Å². The first-order valence-electron chi connectivity index (χ1n) is 5.36. The van der Waals surface area contributed by atoms with Crippen molar-refractivity contribution in [3.05, 3.63) is 22.9 Å². The Morgan fingerprint density at radius 3 is 2.82 bits per heavy atom. The van der Waals surface area contributed by atoms with Crippen molar-refractivity contribution in [1.82, 2.24) is 10.3 Å². The molecule has 1 rings (SSSR count). The maximum atomic E-state index is 11.7. The number of pyridine rings is 1. The van der Waals surface area contributed by atoms with Crippen LogP contribution in [-0.2, 0) is 10.0 Å². The SMILES string of the molecule is CCCNCCS(=O)(=O)Nc1ccncc1Br. The molecular formula is C10H16BrN3O2S. The third kappa shape index (κ3) is 5.47. The lowest BCUT2D eigenvalue weighted by atomic mass is 10.4. The van der Waals surface area contributed by atoms with Crippen LogP contribution in [0, 0.1) is 0 Å². The third-order valence-corrected chi connectivity index (χ3v) is 3.92. The van der Waals surface area contributed by atoms with Crippen LogP contribution in [0.2, 0.25) is 0 Å². The Labute approximate surface area is 110 Å². The number of aromatic nitrogens is 1. The Balaban J connectivity index is 2.52. The quantitative estimate of drug-likeness (QED) is 0.748. The van der Waals surface area contributed by atoms with Crippen molar-refractivity contribution in [2.24, 2.45) is 0 Å². The Morgan fingerprint density at radius 1 is 1.41 bits per heavy atom.